The van der Waals surface area contributed by atoms with E-state index in [4.69, 9.17) is 9.57 Å². The van der Waals surface area contributed by atoms with E-state index in [-0.39, 0.29) is 30.4 Å². The number of hydrogen-bond acceptors (Lipinski definition) is 7. The Hall–Kier alpha value is -2.19. The van der Waals surface area contributed by atoms with Gasteiger partial charge < -0.3 is 24.7 Å². The summed E-state index contributed by atoms with van der Waals surface area (Å²) in [6.45, 7) is 6.47. The van der Waals surface area contributed by atoms with Crippen molar-refractivity contribution in [3.05, 3.63) is 23.8 Å². The zero-order valence-corrected chi connectivity index (χ0v) is 21.9. The highest BCUT2D eigenvalue weighted by Crippen LogP contribution is 2.66. The summed E-state index contributed by atoms with van der Waals surface area (Å²) in [6.07, 6.45) is 12.1. The number of nitrogens with zero attached hydrogens (tertiary/aromatic N) is 2. The van der Waals surface area contributed by atoms with Crippen molar-refractivity contribution in [2.45, 2.75) is 83.5 Å². The smallest absolute Gasteiger partial charge is 0.328 e. The molecule has 8 nitrogen and oxygen atoms in total. The first-order valence-corrected chi connectivity index (χ1v) is 13.4. The molecule has 4 fully saturated rings. The third-order valence-corrected chi connectivity index (χ3v) is 10.6. The minimum Gasteiger partial charge on any atom is -0.467 e. The molecule has 0 spiro atoms. The molecule has 36 heavy (non-hydrogen) atoms. The molecule has 5 aliphatic rings. The van der Waals surface area contributed by atoms with Crippen LogP contribution in [0.25, 0.3) is 0 Å². The number of ether oxygens (including phenoxy) is 1. The first kappa shape index (κ1) is 25.5. The summed E-state index contributed by atoms with van der Waals surface area (Å²) < 4.78 is 4.76. The van der Waals surface area contributed by atoms with Crippen LogP contribution in [-0.2, 0) is 19.2 Å². The fourth-order valence-corrected chi connectivity index (χ4v) is 8.20. The number of methoxy groups -OCH3 is 1. The summed E-state index contributed by atoms with van der Waals surface area (Å²) in [6, 6.07) is -0.790. The number of aliphatic hydroxyl groups excluding tert-OH is 1. The molecule has 3 saturated carbocycles. The standard InChI is InChI=1S/C28H40N2O6/c1-26-10-7-18(29-36-16-24(32)30-15-19(31)14-23(30)25(33)35-4)13-17(26)5-6-20-21(26)8-11-27(2)22(20)9-12-28(27,3)34/h7,10,13,19-23,31,34H,5-6,8-9,11-12,14-16H2,1-4H3/b29-18-/t19-,20-,21+,22+,23-,26+,27+,28+/m1/s1. The Kier molecular flexibility index (Phi) is 6.35. The Morgan fingerprint density at radius 3 is 2.67 bits per heavy atom. The topological polar surface area (TPSA) is 109 Å². The summed E-state index contributed by atoms with van der Waals surface area (Å²) in [5.41, 5.74) is 1.47. The molecule has 0 aromatic rings. The second-order valence-corrected chi connectivity index (χ2v) is 12.2. The molecule has 0 unspecified atom stereocenters. The average Bonchev–Trinajstić information content (AvgIpc) is 3.35. The van der Waals surface area contributed by atoms with Gasteiger partial charge in [0, 0.05) is 18.4 Å². The lowest BCUT2D eigenvalue weighted by atomic mass is 9.47. The van der Waals surface area contributed by atoms with E-state index >= 15 is 0 Å². The van der Waals surface area contributed by atoms with Gasteiger partial charge in [0.1, 0.15) is 11.8 Å². The number of rotatable bonds is 4. The van der Waals surface area contributed by atoms with Crippen molar-refractivity contribution in [1.29, 1.82) is 0 Å². The predicted molar refractivity (Wildman–Crippen MR) is 134 cm³/mol. The second kappa shape index (κ2) is 8.98. The van der Waals surface area contributed by atoms with Crippen molar-refractivity contribution < 1.29 is 29.4 Å². The number of oxime groups is 1. The number of likely N-dealkylation sites (tertiary alicyclic amines) is 1. The van der Waals surface area contributed by atoms with Gasteiger partial charge in [-0.05, 0) is 80.8 Å². The van der Waals surface area contributed by atoms with E-state index in [9.17, 15) is 19.8 Å². The van der Waals surface area contributed by atoms with Crippen molar-refractivity contribution in [1.82, 2.24) is 4.90 Å². The van der Waals surface area contributed by atoms with Gasteiger partial charge in [-0.1, -0.05) is 30.7 Å². The third kappa shape index (κ3) is 3.92. The lowest BCUT2D eigenvalue weighted by Gasteiger charge is -2.58. The summed E-state index contributed by atoms with van der Waals surface area (Å²) in [7, 11) is 1.27. The van der Waals surface area contributed by atoms with Crippen LogP contribution in [0.5, 0.6) is 0 Å². The van der Waals surface area contributed by atoms with Gasteiger partial charge in [0.15, 0.2) is 6.61 Å². The van der Waals surface area contributed by atoms with E-state index < -0.39 is 29.6 Å². The molecular weight excluding hydrogens is 460 g/mol. The maximum absolute atomic E-state index is 12.6. The van der Waals surface area contributed by atoms with Crippen molar-refractivity contribution in [2.24, 2.45) is 33.7 Å². The van der Waals surface area contributed by atoms with Crippen molar-refractivity contribution in [3.63, 3.8) is 0 Å². The van der Waals surface area contributed by atoms with E-state index in [0.29, 0.717) is 23.5 Å². The number of allylic oxidation sites excluding steroid dienone is 4. The highest BCUT2D eigenvalue weighted by atomic mass is 16.6. The molecule has 0 radical (unpaired) electrons. The summed E-state index contributed by atoms with van der Waals surface area (Å²) in [4.78, 5) is 31.3. The summed E-state index contributed by atoms with van der Waals surface area (Å²) >= 11 is 0. The number of hydrogen-bond donors (Lipinski definition) is 2. The van der Waals surface area contributed by atoms with Gasteiger partial charge in [0.05, 0.1) is 18.8 Å². The van der Waals surface area contributed by atoms with Gasteiger partial charge in [-0.3, -0.25) is 4.79 Å². The summed E-state index contributed by atoms with van der Waals surface area (Å²) in [5, 5.41) is 25.2. The van der Waals surface area contributed by atoms with Crippen molar-refractivity contribution in [2.75, 3.05) is 20.3 Å². The zero-order valence-electron chi connectivity index (χ0n) is 21.9. The van der Waals surface area contributed by atoms with E-state index in [2.05, 4.69) is 31.2 Å². The number of carbonyl (C=O) groups is 2. The molecule has 0 bridgehead atoms. The van der Waals surface area contributed by atoms with Crippen molar-refractivity contribution >= 4 is 17.6 Å². The minimum absolute atomic E-state index is 0.00931. The van der Waals surface area contributed by atoms with Crippen LogP contribution >= 0.6 is 0 Å². The molecule has 1 amide bonds. The monoisotopic (exact) mass is 500 g/mol. The molecule has 1 heterocycles. The van der Waals surface area contributed by atoms with Crippen LogP contribution in [-0.4, -0.2) is 70.7 Å². The molecule has 0 aromatic carbocycles. The van der Waals surface area contributed by atoms with E-state index in [1.165, 1.54) is 17.6 Å². The lowest BCUT2D eigenvalue weighted by Crippen LogP contribution is -2.53. The first-order chi connectivity index (χ1) is 17.0. The quantitative estimate of drug-likeness (QED) is 0.454. The Morgan fingerprint density at radius 2 is 1.92 bits per heavy atom. The molecular formula is C28H40N2O6. The van der Waals surface area contributed by atoms with Gasteiger partial charge in [-0.2, -0.15) is 0 Å². The van der Waals surface area contributed by atoms with Gasteiger partial charge in [-0.15, -0.1) is 0 Å². The fraction of sp³-hybridized carbons (Fsp3) is 0.750. The van der Waals surface area contributed by atoms with Crippen LogP contribution in [0, 0.1) is 28.6 Å². The fourth-order valence-electron chi connectivity index (χ4n) is 8.20. The number of fused-ring (bicyclic) bond motifs is 5. The molecule has 4 aliphatic carbocycles. The van der Waals surface area contributed by atoms with Crippen LogP contribution < -0.4 is 0 Å². The molecule has 1 aliphatic heterocycles. The minimum atomic E-state index is -0.790. The second-order valence-electron chi connectivity index (χ2n) is 12.2. The molecule has 8 heteroatoms. The van der Waals surface area contributed by atoms with Gasteiger partial charge in [-0.25, -0.2) is 4.79 Å². The molecule has 0 aromatic heterocycles. The largest absolute Gasteiger partial charge is 0.467 e. The molecule has 198 valence electrons. The van der Waals surface area contributed by atoms with Gasteiger partial charge in [0.25, 0.3) is 5.91 Å². The summed E-state index contributed by atoms with van der Waals surface area (Å²) in [5.74, 6) is 0.810. The van der Waals surface area contributed by atoms with Crippen LogP contribution in [0.1, 0.15) is 65.7 Å². The number of esters is 1. The SMILES string of the molecule is COC(=O)[C@H]1C[C@@H](O)CN1C(=O)CO/N=C1/C=C[C@@]2(C)C(=C1)CC[C@@H]1[C@@H]2CC[C@@]2(C)[C@H]1CC[C@]2(C)O. The van der Waals surface area contributed by atoms with E-state index in [0.717, 1.165) is 38.5 Å². The van der Waals surface area contributed by atoms with Gasteiger partial charge in [0.2, 0.25) is 0 Å². The van der Waals surface area contributed by atoms with E-state index in [1.807, 2.05) is 13.0 Å². The number of amides is 1. The highest BCUT2D eigenvalue weighted by Gasteiger charge is 2.62. The predicted octanol–water partition coefficient (Wildman–Crippen LogP) is 2.98. The van der Waals surface area contributed by atoms with E-state index in [1.54, 1.807) is 0 Å². The Labute approximate surface area is 213 Å². The molecule has 5 rings (SSSR count). The third-order valence-electron chi connectivity index (χ3n) is 10.6. The zero-order chi connectivity index (χ0) is 25.9. The Balaban J connectivity index is 1.24. The van der Waals surface area contributed by atoms with Crippen molar-refractivity contribution in [3.8, 4) is 0 Å². The molecule has 1 saturated heterocycles. The van der Waals surface area contributed by atoms with Crippen LogP contribution in [0.15, 0.2) is 29.0 Å². The van der Waals surface area contributed by atoms with Crippen LogP contribution in [0.2, 0.25) is 0 Å². The number of carbonyl (C=O) groups excluding carboxylic acids is 2. The van der Waals surface area contributed by atoms with Crippen LogP contribution in [0.3, 0.4) is 0 Å². The molecule has 8 atom stereocenters. The average molecular weight is 501 g/mol. The Bertz CT molecular complexity index is 1020. The number of β-amino-alcohol motifs (C(OH)–C–C–N with tert-alkyl or cyclic N) is 1. The first-order valence-electron chi connectivity index (χ1n) is 13.4. The maximum Gasteiger partial charge on any atom is 0.328 e. The van der Waals surface area contributed by atoms with Crippen LogP contribution in [0.4, 0.5) is 0 Å². The normalized spacial score (nSPS) is 44.5. The number of aliphatic hydroxyl groups is 2. The highest BCUT2D eigenvalue weighted by molar-refractivity contribution is 6.05. The Morgan fingerprint density at radius 1 is 1.17 bits per heavy atom. The lowest BCUT2D eigenvalue weighted by molar-refractivity contribution is -0.152. The maximum atomic E-state index is 12.6. The molecule has 2 N–H and O–H groups in total. The van der Waals surface area contributed by atoms with Gasteiger partial charge >= 0.3 is 5.97 Å².